The lowest BCUT2D eigenvalue weighted by atomic mass is 10.5. The second-order valence-corrected chi connectivity index (χ2v) is 5.60. The third kappa shape index (κ3) is 10.1. The summed E-state index contributed by atoms with van der Waals surface area (Å²) in [6, 6.07) is 0. The summed E-state index contributed by atoms with van der Waals surface area (Å²) in [7, 11) is 0. The maximum absolute atomic E-state index is 10.6. The molecule has 0 rings (SSSR count). The van der Waals surface area contributed by atoms with E-state index in [9.17, 15) is 4.57 Å². The molecule has 5 heteroatoms. The molecule has 0 N–H and O–H groups in total. The molecule has 0 atom stereocenters. The second kappa shape index (κ2) is 7.72. The Balaban J connectivity index is 0. The lowest BCUT2D eigenvalue weighted by molar-refractivity contribution is 0.444. The molecule has 0 saturated carbocycles. The summed E-state index contributed by atoms with van der Waals surface area (Å²) >= 11 is 10.2. The first-order valence-electron chi connectivity index (χ1n) is 3.47. The van der Waals surface area contributed by atoms with Crippen molar-refractivity contribution in [3.8, 4) is 0 Å². The minimum atomic E-state index is -3.45. The molecule has 12 heavy (non-hydrogen) atoms. The Hall–Kier alpha value is 0.0900. The Morgan fingerprint density at radius 3 is 2.00 bits per heavy atom. The zero-order chi connectivity index (χ0) is 10.2. The fourth-order valence-electron chi connectivity index (χ4n) is 0.331. The first-order chi connectivity index (χ1) is 5.49. The summed E-state index contributed by atoms with van der Waals surface area (Å²) < 4.78 is 15.1. The van der Waals surface area contributed by atoms with Crippen LogP contribution in [-0.4, -0.2) is 0 Å². The monoisotopic (exact) mass is 230 g/mol. The van der Waals surface area contributed by atoms with Crippen molar-refractivity contribution < 1.29 is 9.09 Å². The van der Waals surface area contributed by atoms with Gasteiger partial charge in [0.05, 0.1) is 0 Å². The van der Waals surface area contributed by atoms with Crippen LogP contribution in [0.4, 0.5) is 0 Å². The first-order valence-corrected chi connectivity index (χ1v) is 6.91. The Morgan fingerprint density at radius 1 is 1.50 bits per heavy atom. The summed E-state index contributed by atoms with van der Waals surface area (Å²) in [5.41, 5.74) is 0. The van der Waals surface area contributed by atoms with Crippen molar-refractivity contribution in [1.82, 2.24) is 0 Å². The van der Waals surface area contributed by atoms with Gasteiger partial charge in [-0.3, -0.25) is 0 Å². The standard InChI is InChI=1S/C5H7Cl2O2P.C2H6/c1-3-5(4-2)9-10(6,7)8;1-2/h3-4H,1H2,2H3;1-2H3/b5-4+;. The molecule has 0 aromatic heterocycles. The molecule has 0 bridgehead atoms. The van der Waals surface area contributed by atoms with E-state index in [1.54, 1.807) is 13.0 Å². The Kier molecular flexibility index (Phi) is 9.40. The summed E-state index contributed by atoms with van der Waals surface area (Å²) in [5.74, 6) is 0.313. The van der Waals surface area contributed by atoms with Gasteiger partial charge in [0.2, 0.25) is 0 Å². The van der Waals surface area contributed by atoms with Crippen LogP contribution < -0.4 is 0 Å². The van der Waals surface area contributed by atoms with Gasteiger partial charge in [0, 0.05) is 22.5 Å². The van der Waals surface area contributed by atoms with E-state index in [-0.39, 0.29) is 0 Å². The van der Waals surface area contributed by atoms with E-state index in [1.807, 2.05) is 13.8 Å². The van der Waals surface area contributed by atoms with Gasteiger partial charge >= 0.3 is 6.07 Å². The van der Waals surface area contributed by atoms with Crippen LogP contribution in [0.25, 0.3) is 0 Å². The van der Waals surface area contributed by atoms with Gasteiger partial charge in [-0.1, -0.05) is 20.4 Å². The average Bonchev–Trinajstić information content (AvgIpc) is 2.02. The average molecular weight is 231 g/mol. The molecule has 0 saturated heterocycles. The highest BCUT2D eigenvalue weighted by atomic mass is 35.9. The normalized spacial score (nSPS) is 11.2. The first kappa shape index (κ1) is 14.6. The van der Waals surface area contributed by atoms with Crippen molar-refractivity contribution in [3.63, 3.8) is 0 Å². The predicted molar refractivity (Wildman–Crippen MR) is 55.7 cm³/mol. The zero-order valence-electron chi connectivity index (χ0n) is 7.38. The van der Waals surface area contributed by atoms with Crippen molar-refractivity contribution in [2.75, 3.05) is 0 Å². The van der Waals surface area contributed by atoms with Crippen molar-refractivity contribution in [3.05, 3.63) is 24.5 Å². The van der Waals surface area contributed by atoms with Crippen molar-refractivity contribution in [1.29, 1.82) is 0 Å². The molecule has 0 radical (unpaired) electrons. The molecular weight excluding hydrogens is 218 g/mol. The minimum absolute atomic E-state index is 0.313. The van der Waals surface area contributed by atoms with Gasteiger partial charge in [-0.2, -0.15) is 0 Å². The van der Waals surface area contributed by atoms with Gasteiger partial charge < -0.3 is 4.52 Å². The maximum Gasteiger partial charge on any atom is 0.428 e. The van der Waals surface area contributed by atoms with Crippen LogP contribution >= 0.6 is 28.6 Å². The minimum Gasteiger partial charge on any atom is -0.423 e. The topological polar surface area (TPSA) is 26.3 Å². The van der Waals surface area contributed by atoms with E-state index in [1.165, 1.54) is 6.08 Å². The molecule has 0 unspecified atom stereocenters. The smallest absolute Gasteiger partial charge is 0.423 e. The molecule has 0 amide bonds. The Labute approximate surface area is 83.2 Å². The highest BCUT2D eigenvalue weighted by Gasteiger charge is 2.15. The summed E-state index contributed by atoms with van der Waals surface area (Å²) in [6.07, 6.45) is -0.518. The lowest BCUT2D eigenvalue weighted by Gasteiger charge is -2.04. The number of allylic oxidation sites excluding steroid dienone is 2. The number of hydrogen-bond acceptors (Lipinski definition) is 2. The van der Waals surface area contributed by atoms with Crippen LogP contribution in [-0.2, 0) is 9.09 Å². The SMILES string of the molecule is C=C/C(=C\C)OP(=O)(Cl)Cl.CC. The fraction of sp³-hybridized carbons (Fsp3) is 0.429. The van der Waals surface area contributed by atoms with Gasteiger partial charge in [-0.15, -0.1) is 0 Å². The van der Waals surface area contributed by atoms with E-state index in [0.717, 1.165) is 0 Å². The van der Waals surface area contributed by atoms with Crippen LogP contribution in [0.1, 0.15) is 20.8 Å². The number of hydrogen-bond donors (Lipinski definition) is 0. The Bertz CT molecular complexity index is 196. The third-order valence-electron chi connectivity index (χ3n) is 0.697. The quantitative estimate of drug-likeness (QED) is 0.399. The van der Waals surface area contributed by atoms with Crippen LogP contribution in [0.3, 0.4) is 0 Å². The number of rotatable bonds is 3. The lowest BCUT2D eigenvalue weighted by Crippen LogP contribution is -1.77. The molecule has 0 spiro atoms. The molecule has 0 aliphatic rings. The predicted octanol–water partition coefficient (Wildman–Crippen LogP) is 4.70. The van der Waals surface area contributed by atoms with Crippen LogP contribution in [0, 0.1) is 0 Å². The van der Waals surface area contributed by atoms with Crippen LogP contribution in [0.2, 0.25) is 0 Å². The molecule has 2 nitrogen and oxygen atoms in total. The summed E-state index contributed by atoms with van der Waals surface area (Å²) in [6.45, 7) is 9.08. The van der Waals surface area contributed by atoms with Crippen LogP contribution in [0.15, 0.2) is 24.5 Å². The highest BCUT2D eigenvalue weighted by molar-refractivity contribution is 8.05. The molecule has 0 aromatic rings. The van der Waals surface area contributed by atoms with Gasteiger partial charge in [0.15, 0.2) is 0 Å². The second-order valence-electron chi connectivity index (χ2n) is 1.40. The van der Waals surface area contributed by atoms with E-state index in [2.05, 4.69) is 11.1 Å². The van der Waals surface area contributed by atoms with Gasteiger partial charge in [0.25, 0.3) is 0 Å². The van der Waals surface area contributed by atoms with Crippen molar-refractivity contribution >= 4 is 28.6 Å². The van der Waals surface area contributed by atoms with E-state index in [4.69, 9.17) is 22.5 Å². The summed E-state index contributed by atoms with van der Waals surface area (Å²) in [5, 5.41) is 0. The molecule has 0 heterocycles. The largest absolute Gasteiger partial charge is 0.428 e. The van der Waals surface area contributed by atoms with E-state index >= 15 is 0 Å². The molecule has 0 aromatic carbocycles. The van der Waals surface area contributed by atoms with Crippen molar-refractivity contribution in [2.24, 2.45) is 0 Å². The fourth-order valence-corrected chi connectivity index (χ4v) is 1.23. The van der Waals surface area contributed by atoms with Gasteiger partial charge in [-0.05, 0) is 19.1 Å². The van der Waals surface area contributed by atoms with Crippen molar-refractivity contribution in [2.45, 2.75) is 20.8 Å². The van der Waals surface area contributed by atoms with E-state index < -0.39 is 6.07 Å². The number of halogens is 2. The molecule has 0 aliphatic carbocycles. The zero-order valence-corrected chi connectivity index (χ0v) is 9.79. The Morgan fingerprint density at radius 2 is 1.92 bits per heavy atom. The third-order valence-corrected chi connectivity index (χ3v) is 1.53. The molecule has 0 aliphatic heterocycles. The van der Waals surface area contributed by atoms with E-state index in [0.29, 0.717) is 5.76 Å². The maximum atomic E-state index is 10.6. The van der Waals surface area contributed by atoms with Gasteiger partial charge in [0.1, 0.15) is 5.76 Å². The molecule has 72 valence electrons. The summed E-state index contributed by atoms with van der Waals surface area (Å²) in [4.78, 5) is 0. The highest BCUT2D eigenvalue weighted by Crippen LogP contribution is 2.59. The van der Waals surface area contributed by atoms with Crippen LogP contribution in [0.5, 0.6) is 0 Å². The van der Waals surface area contributed by atoms with Gasteiger partial charge in [-0.25, -0.2) is 4.57 Å². The molecular formula is C7H13Cl2O2P. The molecule has 0 fully saturated rings.